The molecule has 1 saturated heterocycles. The van der Waals surface area contributed by atoms with Crippen molar-refractivity contribution in [3.63, 3.8) is 0 Å². The Hall–Kier alpha value is -2.38. The Morgan fingerprint density at radius 1 is 1.38 bits per heavy atom. The van der Waals surface area contributed by atoms with Crippen LogP contribution in [0.2, 0.25) is 5.15 Å². The second kappa shape index (κ2) is 7.88. The summed E-state index contributed by atoms with van der Waals surface area (Å²) in [7, 11) is 1.32. The summed E-state index contributed by atoms with van der Waals surface area (Å²) in [5.74, 6) is -0.592. The quantitative estimate of drug-likeness (QED) is 0.804. The maximum atomic E-state index is 12.2. The average Bonchev–Trinajstić information content (AvgIpc) is 2.93. The molecule has 1 atom stereocenters. The van der Waals surface area contributed by atoms with Gasteiger partial charge in [-0.1, -0.05) is 29.8 Å². The van der Waals surface area contributed by atoms with Gasteiger partial charge >= 0.3 is 5.97 Å². The number of amides is 1. The Kier molecular flexibility index (Phi) is 5.58. The number of piperazine rings is 1. The van der Waals surface area contributed by atoms with Gasteiger partial charge in [0.2, 0.25) is 5.91 Å². The highest BCUT2D eigenvalue weighted by molar-refractivity contribution is 6.30. The van der Waals surface area contributed by atoms with E-state index in [0.717, 1.165) is 16.9 Å². The normalized spacial score (nSPS) is 17.8. The number of aryl methyl sites for hydroxylation is 1. The molecule has 1 N–H and O–H groups in total. The lowest BCUT2D eigenvalue weighted by Gasteiger charge is -2.34. The van der Waals surface area contributed by atoms with Crippen LogP contribution in [-0.2, 0) is 20.9 Å². The predicted molar refractivity (Wildman–Crippen MR) is 97.2 cm³/mol. The number of hydrogen-bond donors (Lipinski definition) is 1. The minimum absolute atomic E-state index is 0.00578. The van der Waals surface area contributed by atoms with E-state index in [2.05, 4.69) is 10.4 Å². The highest BCUT2D eigenvalue weighted by Gasteiger charge is 2.33. The number of halogens is 1. The van der Waals surface area contributed by atoms with E-state index in [1.807, 2.05) is 42.2 Å². The molecule has 0 spiro atoms. The van der Waals surface area contributed by atoms with Gasteiger partial charge in [0.05, 0.1) is 24.9 Å². The first-order valence-electron chi connectivity index (χ1n) is 8.39. The van der Waals surface area contributed by atoms with Crippen molar-refractivity contribution in [1.82, 2.24) is 20.0 Å². The van der Waals surface area contributed by atoms with Crippen LogP contribution in [0.5, 0.6) is 0 Å². The van der Waals surface area contributed by atoms with Crippen molar-refractivity contribution < 1.29 is 14.3 Å². The number of ether oxygens (including phenoxy) is 1. The van der Waals surface area contributed by atoms with Gasteiger partial charge in [-0.15, -0.1) is 0 Å². The lowest BCUT2D eigenvalue weighted by atomic mass is 10.1. The molecule has 1 aromatic heterocycles. The molecule has 1 amide bonds. The fourth-order valence-electron chi connectivity index (χ4n) is 3.07. The molecule has 1 fully saturated rings. The number of nitrogens with one attached hydrogen (secondary N) is 1. The lowest BCUT2D eigenvalue weighted by molar-refractivity contribution is -0.146. The summed E-state index contributed by atoms with van der Waals surface area (Å²) in [5, 5.41) is 7.84. The SMILES string of the molecule is COC(=O)C[C@@H]1C(=O)NCCN1Cc1c(C)nn(-c2ccccc2)c1Cl. The van der Waals surface area contributed by atoms with Gasteiger partial charge in [0.15, 0.2) is 0 Å². The first-order valence-corrected chi connectivity index (χ1v) is 8.77. The fraction of sp³-hybridized carbons (Fsp3) is 0.389. The maximum Gasteiger partial charge on any atom is 0.307 e. The van der Waals surface area contributed by atoms with Crippen molar-refractivity contribution in [3.05, 3.63) is 46.7 Å². The Bertz CT molecular complexity index is 806. The molecule has 0 unspecified atom stereocenters. The molecule has 2 aromatic rings. The molecule has 8 heteroatoms. The Balaban J connectivity index is 1.86. The number of esters is 1. The molecular formula is C18H21ClN4O3. The number of methoxy groups -OCH3 is 1. The molecule has 26 heavy (non-hydrogen) atoms. The molecule has 3 rings (SSSR count). The van der Waals surface area contributed by atoms with Gasteiger partial charge in [-0.2, -0.15) is 5.10 Å². The minimum atomic E-state index is -0.577. The smallest absolute Gasteiger partial charge is 0.307 e. The lowest BCUT2D eigenvalue weighted by Crippen LogP contribution is -2.55. The van der Waals surface area contributed by atoms with Crippen LogP contribution in [0.25, 0.3) is 5.69 Å². The summed E-state index contributed by atoms with van der Waals surface area (Å²) in [4.78, 5) is 25.8. The number of benzene rings is 1. The van der Waals surface area contributed by atoms with E-state index < -0.39 is 12.0 Å². The van der Waals surface area contributed by atoms with Crippen molar-refractivity contribution in [2.24, 2.45) is 0 Å². The highest BCUT2D eigenvalue weighted by Crippen LogP contribution is 2.26. The third-order valence-corrected chi connectivity index (χ3v) is 4.90. The third-order valence-electron chi connectivity index (χ3n) is 4.51. The zero-order valence-corrected chi connectivity index (χ0v) is 15.5. The predicted octanol–water partition coefficient (Wildman–Crippen LogP) is 1.70. The minimum Gasteiger partial charge on any atom is -0.469 e. The third kappa shape index (κ3) is 3.73. The van der Waals surface area contributed by atoms with Gasteiger partial charge in [-0.3, -0.25) is 14.5 Å². The molecule has 0 radical (unpaired) electrons. The highest BCUT2D eigenvalue weighted by atomic mass is 35.5. The second-order valence-electron chi connectivity index (χ2n) is 6.16. The van der Waals surface area contributed by atoms with Crippen molar-refractivity contribution in [2.75, 3.05) is 20.2 Å². The average molecular weight is 377 g/mol. The van der Waals surface area contributed by atoms with E-state index in [0.29, 0.717) is 24.8 Å². The second-order valence-corrected chi connectivity index (χ2v) is 6.52. The van der Waals surface area contributed by atoms with Crippen LogP contribution >= 0.6 is 11.6 Å². The number of aromatic nitrogens is 2. The molecule has 0 saturated carbocycles. The summed E-state index contributed by atoms with van der Waals surface area (Å²) < 4.78 is 6.41. The Morgan fingerprint density at radius 2 is 2.12 bits per heavy atom. The van der Waals surface area contributed by atoms with Gasteiger partial charge in [0.1, 0.15) is 11.2 Å². The van der Waals surface area contributed by atoms with Gasteiger partial charge in [-0.05, 0) is 19.1 Å². The van der Waals surface area contributed by atoms with Crippen LogP contribution in [0.1, 0.15) is 17.7 Å². The standard InChI is InChI=1S/C18H21ClN4O3/c1-12-14(17(19)23(21-12)13-6-4-3-5-7-13)11-22-9-8-20-18(25)15(22)10-16(24)26-2/h3-7,15H,8-11H2,1-2H3,(H,20,25)/t15-/m1/s1. The molecule has 2 heterocycles. The number of carbonyl (C=O) groups is 2. The monoisotopic (exact) mass is 376 g/mol. The van der Waals surface area contributed by atoms with E-state index >= 15 is 0 Å². The molecule has 1 aliphatic heterocycles. The van der Waals surface area contributed by atoms with Crippen molar-refractivity contribution >= 4 is 23.5 Å². The van der Waals surface area contributed by atoms with Crippen LogP contribution in [0.4, 0.5) is 0 Å². The summed E-state index contributed by atoms with van der Waals surface area (Å²) in [6.07, 6.45) is 0.00578. The first kappa shape index (κ1) is 18.4. The number of para-hydroxylation sites is 1. The summed E-state index contributed by atoms with van der Waals surface area (Å²) >= 11 is 6.58. The molecule has 0 aliphatic carbocycles. The van der Waals surface area contributed by atoms with E-state index in [1.165, 1.54) is 7.11 Å². The Morgan fingerprint density at radius 3 is 2.81 bits per heavy atom. The topological polar surface area (TPSA) is 76.5 Å². The molecule has 1 aromatic carbocycles. The zero-order chi connectivity index (χ0) is 18.7. The fourth-order valence-corrected chi connectivity index (χ4v) is 3.40. The van der Waals surface area contributed by atoms with E-state index in [9.17, 15) is 9.59 Å². The molecule has 138 valence electrons. The number of hydrogen-bond acceptors (Lipinski definition) is 5. The van der Waals surface area contributed by atoms with Crippen LogP contribution < -0.4 is 5.32 Å². The van der Waals surface area contributed by atoms with Crippen LogP contribution in [-0.4, -0.2) is 52.8 Å². The van der Waals surface area contributed by atoms with Crippen molar-refractivity contribution in [3.8, 4) is 5.69 Å². The number of nitrogens with zero attached hydrogens (tertiary/aromatic N) is 3. The molecule has 1 aliphatic rings. The Labute approximate surface area is 156 Å². The first-order chi connectivity index (χ1) is 12.5. The van der Waals surface area contributed by atoms with E-state index in [4.69, 9.17) is 16.3 Å². The number of rotatable bonds is 5. The van der Waals surface area contributed by atoms with Crippen molar-refractivity contribution in [1.29, 1.82) is 0 Å². The number of carbonyl (C=O) groups excluding carboxylic acids is 2. The molecule has 0 bridgehead atoms. The van der Waals surface area contributed by atoms with Crippen molar-refractivity contribution in [2.45, 2.75) is 25.9 Å². The van der Waals surface area contributed by atoms with Gasteiger partial charge in [-0.25, -0.2) is 4.68 Å². The van der Waals surface area contributed by atoms with E-state index in [-0.39, 0.29) is 12.3 Å². The van der Waals surface area contributed by atoms with Crippen LogP contribution in [0, 0.1) is 6.92 Å². The van der Waals surface area contributed by atoms with Crippen LogP contribution in [0.3, 0.4) is 0 Å². The molecular weight excluding hydrogens is 356 g/mol. The zero-order valence-electron chi connectivity index (χ0n) is 14.7. The summed E-state index contributed by atoms with van der Waals surface area (Å²) in [6, 6.07) is 9.05. The molecule has 7 nitrogen and oxygen atoms in total. The largest absolute Gasteiger partial charge is 0.469 e. The summed E-state index contributed by atoms with van der Waals surface area (Å²) in [6.45, 7) is 3.48. The summed E-state index contributed by atoms with van der Waals surface area (Å²) in [5.41, 5.74) is 2.51. The maximum absolute atomic E-state index is 12.2. The van der Waals surface area contributed by atoms with Gasteiger partial charge in [0, 0.05) is 25.2 Å². The van der Waals surface area contributed by atoms with Crippen LogP contribution in [0.15, 0.2) is 30.3 Å². The van der Waals surface area contributed by atoms with E-state index in [1.54, 1.807) is 4.68 Å². The van der Waals surface area contributed by atoms with Gasteiger partial charge < -0.3 is 10.1 Å². The van der Waals surface area contributed by atoms with Gasteiger partial charge in [0.25, 0.3) is 0 Å².